The van der Waals surface area contributed by atoms with Crippen LogP contribution in [-0.4, -0.2) is 42.6 Å². The van der Waals surface area contributed by atoms with Crippen molar-refractivity contribution in [2.24, 2.45) is 5.92 Å². The fourth-order valence-electron chi connectivity index (χ4n) is 2.42. The van der Waals surface area contributed by atoms with Gasteiger partial charge in [0.25, 0.3) is 5.91 Å². The number of carbonyl (C=O) groups is 1. The van der Waals surface area contributed by atoms with Gasteiger partial charge < -0.3 is 15.3 Å². The molecule has 19 heavy (non-hydrogen) atoms. The maximum Gasteiger partial charge on any atom is 0.253 e. The van der Waals surface area contributed by atoms with Gasteiger partial charge in [-0.3, -0.25) is 4.79 Å². The van der Waals surface area contributed by atoms with Gasteiger partial charge in [0.1, 0.15) is 5.75 Å². The molecule has 0 spiro atoms. The van der Waals surface area contributed by atoms with E-state index in [0.29, 0.717) is 16.0 Å². The van der Waals surface area contributed by atoms with Crippen molar-refractivity contribution in [3.05, 3.63) is 28.2 Å². The summed E-state index contributed by atoms with van der Waals surface area (Å²) in [5, 5.41) is 13.0. The number of benzene rings is 1. The number of rotatable bonds is 3. The van der Waals surface area contributed by atoms with Gasteiger partial charge in [-0.25, -0.2) is 0 Å². The lowest BCUT2D eigenvalue weighted by Crippen LogP contribution is -2.39. The molecule has 1 saturated heterocycles. The highest BCUT2D eigenvalue weighted by atomic mass is 79.9. The summed E-state index contributed by atoms with van der Waals surface area (Å²) in [6, 6.07) is 4.92. The number of phenols is 1. The van der Waals surface area contributed by atoms with Crippen LogP contribution in [0.3, 0.4) is 0 Å². The molecule has 4 nitrogen and oxygen atoms in total. The lowest BCUT2D eigenvalue weighted by Gasteiger charge is -2.27. The van der Waals surface area contributed by atoms with Crippen LogP contribution in [0.1, 0.15) is 23.2 Å². The largest absolute Gasteiger partial charge is 0.507 e. The van der Waals surface area contributed by atoms with Crippen LogP contribution in [0.15, 0.2) is 22.7 Å². The third-order valence-electron chi connectivity index (χ3n) is 3.47. The molecule has 5 heteroatoms. The summed E-state index contributed by atoms with van der Waals surface area (Å²) >= 11 is 3.21. The second kappa shape index (κ2) is 6.39. The van der Waals surface area contributed by atoms with Gasteiger partial charge in [-0.05, 0) is 66.0 Å². The SMILES string of the molecule is CN(CC1CCCNC1)C(=O)c1ccc(Br)c(O)c1. The first-order valence-electron chi connectivity index (χ1n) is 6.52. The molecule has 1 heterocycles. The van der Waals surface area contributed by atoms with Crippen molar-refractivity contribution in [1.29, 1.82) is 0 Å². The molecule has 1 amide bonds. The number of amides is 1. The molecule has 1 aromatic rings. The number of nitrogens with one attached hydrogen (secondary N) is 1. The zero-order valence-electron chi connectivity index (χ0n) is 11.0. The van der Waals surface area contributed by atoms with Crippen LogP contribution in [0.25, 0.3) is 0 Å². The quantitative estimate of drug-likeness (QED) is 0.895. The average molecular weight is 327 g/mol. The van der Waals surface area contributed by atoms with Gasteiger partial charge in [0.2, 0.25) is 0 Å². The first kappa shape index (κ1) is 14.3. The smallest absolute Gasteiger partial charge is 0.253 e. The Bertz CT molecular complexity index is 459. The summed E-state index contributed by atoms with van der Waals surface area (Å²) in [6.07, 6.45) is 2.34. The normalized spacial score (nSPS) is 19.2. The third kappa shape index (κ3) is 3.70. The van der Waals surface area contributed by atoms with Crippen molar-refractivity contribution in [3.63, 3.8) is 0 Å². The maximum atomic E-state index is 12.3. The van der Waals surface area contributed by atoms with Crippen molar-refractivity contribution < 1.29 is 9.90 Å². The molecule has 0 radical (unpaired) electrons. The van der Waals surface area contributed by atoms with E-state index in [1.54, 1.807) is 17.0 Å². The first-order chi connectivity index (χ1) is 9.08. The summed E-state index contributed by atoms with van der Waals surface area (Å²) < 4.78 is 0.600. The van der Waals surface area contributed by atoms with E-state index in [-0.39, 0.29) is 11.7 Å². The monoisotopic (exact) mass is 326 g/mol. The summed E-state index contributed by atoms with van der Waals surface area (Å²) in [5.41, 5.74) is 0.520. The minimum atomic E-state index is -0.0478. The van der Waals surface area contributed by atoms with Gasteiger partial charge in [0.05, 0.1) is 4.47 Å². The zero-order valence-corrected chi connectivity index (χ0v) is 12.6. The van der Waals surface area contributed by atoms with Crippen molar-refractivity contribution >= 4 is 21.8 Å². The second-order valence-corrected chi connectivity index (χ2v) is 5.92. The minimum Gasteiger partial charge on any atom is -0.507 e. The number of hydrogen-bond donors (Lipinski definition) is 2. The van der Waals surface area contributed by atoms with Crippen molar-refractivity contribution in [1.82, 2.24) is 10.2 Å². The molecular weight excluding hydrogens is 308 g/mol. The average Bonchev–Trinajstić information content (AvgIpc) is 2.42. The summed E-state index contributed by atoms with van der Waals surface area (Å²) in [6.45, 7) is 2.81. The van der Waals surface area contributed by atoms with Crippen molar-refractivity contribution in [2.75, 3.05) is 26.7 Å². The molecule has 104 valence electrons. The molecule has 1 aliphatic heterocycles. The van der Waals surface area contributed by atoms with Crippen LogP contribution in [0.4, 0.5) is 0 Å². The summed E-state index contributed by atoms with van der Waals surface area (Å²) in [5.74, 6) is 0.568. The van der Waals surface area contributed by atoms with Crippen LogP contribution in [0.2, 0.25) is 0 Å². The Labute approximate surface area is 121 Å². The van der Waals surface area contributed by atoms with E-state index in [2.05, 4.69) is 21.2 Å². The number of piperidine rings is 1. The fourth-order valence-corrected chi connectivity index (χ4v) is 2.66. The van der Waals surface area contributed by atoms with Crippen molar-refractivity contribution in [3.8, 4) is 5.75 Å². The highest BCUT2D eigenvalue weighted by Crippen LogP contribution is 2.25. The Morgan fingerprint density at radius 2 is 2.37 bits per heavy atom. The van der Waals surface area contributed by atoms with E-state index in [1.807, 2.05) is 7.05 Å². The number of aromatic hydroxyl groups is 1. The van der Waals surface area contributed by atoms with Gasteiger partial charge in [0.15, 0.2) is 0 Å². The number of carbonyl (C=O) groups excluding carboxylic acids is 1. The Kier molecular flexibility index (Phi) is 4.82. The molecule has 0 bridgehead atoms. The highest BCUT2D eigenvalue weighted by molar-refractivity contribution is 9.10. The molecular formula is C14H19BrN2O2. The topological polar surface area (TPSA) is 52.6 Å². The van der Waals surface area contributed by atoms with E-state index in [4.69, 9.17) is 0 Å². The van der Waals surface area contributed by atoms with Crippen LogP contribution < -0.4 is 5.32 Å². The standard InChI is InChI=1S/C14H19BrN2O2/c1-17(9-10-3-2-6-16-8-10)14(19)11-4-5-12(15)13(18)7-11/h4-5,7,10,16,18H,2-3,6,8-9H2,1H3. The number of phenolic OH excluding ortho intramolecular Hbond substituents is 1. The molecule has 2 N–H and O–H groups in total. The molecule has 0 aromatic heterocycles. The summed E-state index contributed by atoms with van der Waals surface area (Å²) in [7, 11) is 1.82. The molecule has 1 unspecified atom stereocenters. The Balaban J connectivity index is 1.99. The summed E-state index contributed by atoms with van der Waals surface area (Å²) in [4.78, 5) is 14.0. The van der Waals surface area contributed by atoms with E-state index >= 15 is 0 Å². The van der Waals surface area contributed by atoms with Gasteiger partial charge in [-0.2, -0.15) is 0 Å². The van der Waals surface area contributed by atoms with E-state index < -0.39 is 0 Å². The molecule has 1 aromatic carbocycles. The van der Waals surface area contributed by atoms with Crippen LogP contribution in [-0.2, 0) is 0 Å². The van der Waals surface area contributed by atoms with Crippen molar-refractivity contribution in [2.45, 2.75) is 12.8 Å². The second-order valence-electron chi connectivity index (χ2n) is 5.06. The van der Waals surface area contributed by atoms with Gasteiger partial charge >= 0.3 is 0 Å². The lowest BCUT2D eigenvalue weighted by atomic mass is 9.99. The molecule has 2 rings (SSSR count). The first-order valence-corrected chi connectivity index (χ1v) is 7.32. The van der Waals surface area contributed by atoms with Gasteiger partial charge in [0, 0.05) is 19.2 Å². The predicted molar refractivity (Wildman–Crippen MR) is 78.4 cm³/mol. The minimum absolute atomic E-state index is 0.0478. The Morgan fingerprint density at radius 1 is 1.58 bits per heavy atom. The number of hydrogen-bond acceptors (Lipinski definition) is 3. The molecule has 1 aliphatic rings. The van der Waals surface area contributed by atoms with E-state index in [0.717, 1.165) is 26.1 Å². The van der Waals surface area contributed by atoms with Gasteiger partial charge in [-0.15, -0.1) is 0 Å². The molecule has 0 saturated carbocycles. The highest BCUT2D eigenvalue weighted by Gasteiger charge is 2.19. The number of nitrogens with zero attached hydrogens (tertiary/aromatic N) is 1. The van der Waals surface area contributed by atoms with Gasteiger partial charge in [-0.1, -0.05) is 0 Å². The van der Waals surface area contributed by atoms with E-state index in [9.17, 15) is 9.90 Å². The predicted octanol–water partition coefficient (Wildman–Crippen LogP) is 2.23. The Hall–Kier alpha value is -1.07. The molecule has 1 atom stereocenters. The number of halogens is 1. The molecule has 0 aliphatic carbocycles. The third-order valence-corrected chi connectivity index (χ3v) is 4.14. The fraction of sp³-hybridized carbons (Fsp3) is 0.500. The zero-order chi connectivity index (χ0) is 13.8. The lowest BCUT2D eigenvalue weighted by molar-refractivity contribution is 0.0764. The maximum absolute atomic E-state index is 12.3. The molecule has 1 fully saturated rings. The Morgan fingerprint density at radius 3 is 3.00 bits per heavy atom. The van der Waals surface area contributed by atoms with Crippen LogP contribution >= 0.6 is 15.9 Å². The van der Waals surface area contributed by atoms with E-state index in [1.165, 1.54) is 12.5 Å². The van der Waals surface area contributed by atoms with Crippen LogP contribution in [0, 0.1) is 5.92 Å². The van der Waals surface area contributed by atoms with Crippen LogP contribution in [0.5, 0.6) is 5.75 Å².